The van der Waals surface area contributed by atoms with Gasteiger partial charge < -0.3 is 0 Å². The Kier molecular flexibility index (Phi) is 1.26. The van der Waals surface area contributed by atoms with Crippen LogP contribution in [0.25, 0.3) is 0 Å². The summed E-state index contributed by atoms with van der Waals surface area (Å²) in [5.74, 6) is 0.873. The van der Waals surface area contributed by atoms with E-state index in [1.54, 1.807) is 11.1 Å². The molecule has 1 aliphatic rings. The van der Waals surface area contributed by atoms with Gasteiger partial charge in [0.1, 0.15) is 0 Å². The van der Waals surface area contributed by atoms with Crippen molar-refractivity contribution >= 4 is 0 Å². The Hall–Kier alpha value is -0.780. The largest absolute Gasteiger partial charge is 0.0620 e. The molecule has 1 aromatic rings. The van der Waals surface area contributed by atoms with Crippen LogP contribution in [0, 0.1) is 5.92 Å². The van der Waals surface area contributed by atoms with Gasteiger partial charge in [-0.2, -0.15) is 0 Å². The highest BCUT2D eigenvalue weighted by atomic mass is 14.2. The molecule has 0 heteroatoms. The second-order valence-corrected chi connectivity index (χ2v) is 3.28. The Morgan fingerprint density at radius 2 is 1.70 bits per heavy atom. The minimum atomic E-state index is 0. The molecule has 1 aromatic carbocycles. The monoisotopic (exact) mass is 134 g/mol. The van der Waals surface area contributed by atoms with Crippen LogP contribution >= 0.6 is 0 Å². The van der Waals surface area contributed by atoms with Gasteiger partial charge in [-0.15, -0.1) is 0 Å². The molecule has 0 heterocycles. The molecule has 1 aliphatic carbocycles. The predicted molar refractivity (Wildman–Crippen MR) is 45.1 cm³/mol. The van der Waals surface area contributed by atoms with E-state index in [2.05, 4.69) is 31.2 Å². The van der Waals surface area contributed by atoms with Gasteiger partial charge in [-0.05, 0) is 29.9 Å². The molecule has 0 aliphatic heterocycles. The summed E-state index contributed by atoms with van der Waals surface area (Å²) in [4.78, 5) is 0. The smallest absolute Gasteiger partial charge is 0 e. The van der Waals surface area contributed by atoms with Crippen LogP contribution in [-0.4, -0.2) is 0 Å². The fraction of sp³-hybridized carbons (Fsp3) is 0.400. The Bertz CT molecular complexity index is 217. The Morgan fingerprint density at radius 1 is 1.20 bits per heavy atom. The van der Waals surface area contributed by atoms with Gasteiger partial charge in [0, 0.05) is 1.43 Å². The van der Waals surface area contributed by atoms with Gasteiger partial charge in [-0.3, -0.25) is 0 Å². The van der Waals surface area contributed by atoms with Crippen LogP contribution in [0.4, 0.5) is 0 Å². The van der Waals surface area contributed by atoms with Crippen molar-refractivity contribution in [2.24, 2.45) is 5.92 Å². The first-order valence-corrected chi connectivity index (χ1v) is 3.93. The predicted octanol–water partition coefficient (Wildman–Crippen LogP) is 2.67. The van der Waals surface area contributed by atoms with Crippen molar-refractivity contribution in [3.63, 3.8) is 0 Å². The van der Waals surface area contributed by atoms with Crippen molar-refractivity contribution in [2.45, 2.75) is 19.8 Å². The van der Waals surface area contributed by atoms with Gasteiger partial charge in [0.2, 0.25) is 0 Å². The first-order chi connectivity index (χ1) is 4.86. The SMILES string of the molecule is CC1Cc2ccccc2C1.[HH]. The lowest BCUT2D eigenvalue weighted by Gasteiger charge is -1.93. The summed E-state index contributed by atoms with van der Waals surface area (Å²) in [6.07, 6.45) is 2.58. The van der Waals surface area contributed by atoms with Crippen LogP contribution in [0.2, 0.25) is 0 Å². The molecule has 2 rings (SSSR count). The molecular weight excluding hydrogens is 120 g/mol. The third-order valence-corrected chi connectivity index (χ3v) is 2.26. The molecule has 0 spiro atoms. The Morgan fingerprint density at radius 3 is 2.20 bits per heavy atom. The average Bonchev–Trinajstić information content (AvgIpc) is 2.27. The highest BCUT2D eigenvalue weighted by Crippen LogP contribution is 2.25. The number of hydrogen-bond acceptors (Lipinski definition) is 0. The molecule has 0 saturated heterocycles. The fourth-order valence-electron chi connectivity index (χ4n) is 1.78. The van der Waals surface area contributed by atoms with Gasteiger partial charge in [0.25, 0.3) is 0 Å². The van der Waals surface area contributed by atoms with E-state index >= 15 is 0 Å². The number of rotatable bonds is 0. The van der Waals surface area contributed by atoms with Crippen molar-refractivity contribution in [1.82, 2.24) is 0 Å². The van der Waals surface area contributed by atoms with Crippen molar-refractivity contribution in [1.29, 1.82) is 0 Å². The van der Waals surface area contributed by atoms with Crippen molar-refractivity contribution in [3.8, 4) is 0 Å². The number of hydrogen-bond donors (Lipinski definition) is 0. The number of fused-ring (bicyclic) bond motifs is 1. The van der Waals surface area contributed by atoms with Gasteiger partial charge in [0.15, 0.2) is 0 Å². The van der Waals surface area contributed by atoms with E-state index in [1.165, 1.54) is 12.8 Å². The summed E-state index contributed by atoms with van der Waals surface area (Å²) in [7, 11) is 0. The third kappa shape index (κ3) is 0.841. The first-order valence-electron chi connectivity index (χ1n) is 3.93. The maximum atomic E-state index is 2.32. The third-order valence-electron chi connectivity index (χ3n) is 2.26. The normalized spacial score (nSPS) is 17.3. The molecule has 10 heavy (non-hydrogen) atoms. The minimum absolute atomic E-state index is 0. The molecule has 0 aromatic heterocycles. The van der Waals surface area contributed by atoms with E-state index < -0.39 is 0 Å². The molecular formula is C10H14. The van der Waals surface area contributed by atoms with Crippen molar-refractivity contribution in [3.05, 3.63) is 35.4 Å². The molecule has 0 saturated carbocycles. The Labute approximate surface area is 63.4 Å². The van der Waals surface area contributed by atoms with Crippen LogP contribution in [0.1, 0.15) is 19.5 Å². The second kappa shape index (κ2) is 2.12. The molecule has 0 unspecified atom stereocenters. The van der Waals surface area contributed by atoms with Gasteiger partial charge >= 0.3 is 0 Å². The van der Waals surface area contributed by atoms with Crippen LogP contribution in [0.3, 0.4) is 0 Å². The molecule has 0 amide bonds. The zero-order valence-electron chi connectivity index (χ0n) is 6.30. The molecule has 0 N–H and O–H groups in total. The van der Waals surface area contributed by atoms with E-state index in [9.17, 15) is 0 Å². The fourth-order valence-corrected chi connectivity index (χ4v) is 1.78. The molecule has 0 radical (unpaired) electrons. The maximum Gasteiger partial charge on any atom is 0 e. The van der Waals surface area contributed by atoms with E-state index in [-0.39, 0.29) is 1.43 Å². The van der Waals surface area contributed by atoms with Crippen LogP contribution in [-0.2, 0) is 12.8 Å². The summed E-state index contributed by atoms with van der Waals surface area (Å²) in [5.41, 5.74) is 3.13. The van der Waals surface area contributed by atoms with Crippen LogP contribution < -0.4 is 0 Å². The lowest BCUT2D eigenvalue weighted by molar-refractivity contribution is 0.628. The molecule has 0 bridgehead atoms. The summed E-state index contributed by atoms with van der Waals surface area (Å²) in [6, 6.07) is 8.77. The van der Waals surface area contributed by atoms with E-state index in [0.717, 1.165) is 5.92 Å². The summed E-state index contributed by atoms with van der Waals surface area (Å²) in [6.45, 7) is 2.32. The van der Waals surface area contributed by atoms with Gasteiger partial charge in [0.05, 0.1) is 0 Å². The highest BCUT2D eigenvalue weighted by Gasteiger charge is 2.15. The van der Waals surface area contributed by atoms with Crippen molar-refractivity contribution < 1.29 is 1.43 Å². The summed E-state index contributed by atoms with van der Waals surface area (Å²) in [5, 5.41) is 0. The van der Waals surface area contributed by atoms with Gasteiger partial charge in [-0.25, -0.2) is 0 Å². The zero-order chi connectivity index (χ0) is 6.97. The second-order valence-electron chi connectivity index (χ2n) is 3.28. The molecule has 54 valence electrons. The van der Waals surface area contributed by atoms with Gasteiger partial charge in [-0.1, -0.05) is 31.2 Å². The van der Waals surface area contributed by atoms with E-state index in [0.29, 0.717) is 0 Å². The van der Waals surface area contributed by atoms with Crippen LogP contribution in [0.5, 0.6) is 0 Å². The standard InChI is InChI=1S/C10H12.H2/c1-8-6-9-4-2-3-5-10(9)7-8;/h2-5,8H,6-7H2,1H3;1H. The zero-order valence-corrected chi connectivity index (χ0v) is 6.30. The van der Waals surface area contributed by atoms with E-state index in [4.69, 9.17) is 0 Å². The lowest BCUT2D eigenvalue weighted by Crippen LogP contribution is -1.89. The quantitative estimate of drug-likeness (QED) is 0.511. The maximum absolute atomic E-state index is 2.32. The summed E-state index contributed by atoms with van der Waals surface area (Å²) >= 11 is 0. The minimum Gasteiger partial charge on any atom is -0.0620 e. The average molecular weight is 134 g/mol. The first kappa shape index (κ1) is 5.96. The van der Waals surface area contributed by atoms with Crippen molar-refractivity contribution in [2.75, 3.05) is 0 Å². The topological polar surface area (TPSA) is 0 Å². The summed E-state index contributed by atoms with van der Waals surface area (Å²) < 4.78 is 0. The highest BCUT2D eigenvalue weighted by molar-refractivity contribution is 5.31. The molecule has 0 atom stereocenters. The molecule has 0 fully saturated rings. The number of benzene rings is 1. The molecule has 0 nitrogen and oxygen atoms in total. The van der Waals surface area contributed by atoms with E-state index in [1.807, 2.05) is 0 Å². The Balaban J connectivity index is 0.000000605. The lowest BCUT2D eigenvalue weighted by atomic mass is 10.1. The van der Waals surface area contributed by atoms with Crippen LogP contribution in [0.15, 0.2) is 24.3 Å².